The summed E-state index contributed by atoms with van der Waals surface area (Å²) in [5.41, 5.74) is 7.12. The lowest BCUT2D eigenvalue weighted by Gasteiger charge is -2.06. The van der Waals surface area contributed by atoms with Crippen molar-refractivity contribution in [3.05, 3.63) is 35.7 Å². The van der Waals surface area contributed by atoms with Crippen LogP contribution in [-0.4, -0.2) is 39.0 Å². The van der Waals surface area contributed by atoms with E-state index >= 15 is 0 Å². The van der Waals surface area contributed by atoms with Crippen LogP contribution in [0.3, 0.4) is 0 Å². The molecule has 0 bridgehead atoms. The molecule has 1 aromatic heterocycles. The van der Waals surface area contributed by atoms with E-state index in [0.717, 1.165) is 11.1 Å². The molecule has 1 aromatic carbocycles. The standard InChI is InChI=1S/C13H16N4O3/c1-9-2-4-10(5-3-9)13-15-12(11(14)19)16-17(13)8-20-7-6-18/h2-5,18H,6-8H2,1H3,(H2,14,19). The van der Waals surface area contributed by atoms with Gasteiger partial charge in [0.25, 0.3) is 5.91 Å². The molecule has 3 N–H and O–H groups in total. The van der Waals surface area contributed by atoms with E-state index in [2.05, 4.69) is 10.1 Å². The lowest BCUT2D eigenvalue weighted by atomic mass is 10.1. The third-order valence-corrected chi connectivity index (χ3v) is 2.65. The van der Waals surface area contributed by atoms with Crippen molar-refractivity contribution >= 4 is 5.91 Å². The summed E-state index contributed by atoms with van der Waals surface area (Å²) in [7, 11) is 0. The molecule has 7 heteroatoms. The third-order valence-electron chi connectivity index (χ3n) is 2.65. The first-order chi connectivity index (χ1) is 9.61. The van der Waals surface area contributed by atoms with Crippen molar-refractivity contribution in [1.29, 1.82) is 0 Å². The number of carbonyl (C=O) groups is 1. The lowest BCUT2D eigenvalue weighted by molar-refractivity contribution is 0.0425. The highest BCUT2D eigenvalue weighted by Gasteiger charge is 2.15. The van der Waals surface area contributed by atoms with E-state index in [1.54, 1.807) is 0 Å². The van der Waals surface area contributed by atoms with Crippen molar-refractivity contribution in [1.82, 2.24) is 14.8 Å². The molecule has 0 spiro atoms. The van der Waals surface area contributed by atoms with Gasteiger partial charge in [-0.3, -0.25) is 4.79 Å². The quantitative estimate of drug-likeness (QED) is 0.739. The van der Waals surface area contributed by atoms with Crippen LogP contribution in [0.5, 0.6) is 0 Å². The summed E-state index contributed by atoms with van der Waals surface area (Å²) in [5, 5.41) is 12.7. The second-order valence-corrected chi connectivity index (χ2v) is 4.25. The van der Waals surface area contributed by atoms with E-state index in [9.17, 15) is 4.79 Å². The molecule has 0 radical (unpaired) electrons. The summed E-state index contributed by atoms with van der Waals surface area (Å²) in [4.78, 5) is 15.3. The Balaban J connectivity index is 2.33. The zero-order chi connectivity index (χ0) is 14.5. The fraction of sp³-hybridized carbons (Fsp3) is 0.308. The molecule has 0 fully saturated rings. The van der Waals surface area contributed by atoms with Crippen LogP contribution < -0.4 is 5.73 Å². The number of hydrogen-bond acceptors (Lipinski definition) is 5. The minimum absolute atomic E-state index is 0.0619. The molecule has 2 aromatic rings. The second kappa shape index (κ2) is 6.27. The highest BCUT2D eigenvalue weighted by atomic mass is 16.5. The number of benzene rings is 1. The van der Waals surface area contributed by atoms with Gasteiger partial charge in [0, 0.05) is 5.56 Å². The predicted molar refractivity (Wildman–Crippen MR) is 71.8 cm³/mol. The Kier molecular flexibility index (Phi) is 4.44. The van der Waals surface area contributed by atoms with Crippen molar-refractivity contribution < 1.29 is 14.6 Å². The number of nitrogens with two attached hydrogens (primary N) is 1. The van der Waals surface area contributed by atoms with E-state index in [1.807, 2.05) is 31.2 Å². The van der Waals surface area contributed by atoms with Crippen molar-refractivity contribution in [2.45, 2.75) is 13.7 Å². The highest BCUT2D eigenvalue weighted by molar-refractivity contribution is 5.89. The molecular weight excluding hydrogens is 260 g/mol. The Morgan fingerprint density at radius 3 is 2.70 bits per heavy atom. The zero-order valence-corrected chi connectivity index (χ0v) is 11.1. The number of aliphatic hydroxyl groups is 1. The molecule has 106 valence electrons. The van der Waals surface area contributed by atoms with Gasteiger partial charge in [-0.05, 0) is 6.92 Å². The van der Waals surface area contributed by atoms with Gasteiger partial charge < -0.3 is 15.6 Å². The average Bonchev–Trinajstić information content (AvgIpc) is 2.84. The number of primary amides is 1. The summed E-state index contributed by atoms with van der Waals surface area (Å²) < 4.78 is 6.65. The first-order valence-corrected chi connectivity index (χ1v) is 6.12. The van der Waals surface area contributed by atoms with E-state index < -0.39 is 5.91 Å². The van der Waals surface area contributed by atoms with Gasteiger partial charge >= 0.3 is 0 Å². The second-order valence-electron chi connectivity index (χ2n) is 4.25. The van der Waals surface area contributed by atoms with Crippen LogP contribution in [0.1, 0.15) is 16.2 Å². The molecule has 1 amide bonds. The Bertz CT molecular complexity index is 592. The summed E-state index contributed by atoms with van der Waals surface area (Å²) in [6.45, 7) is 2.16. The van der Waals surface area contributed by atoms with Gasteiger partial charge in [0.05, 0.1) is 13.2 Å². The first kappa shape index (κ1) is 14.2. The van der Waals surface area contributed by atoms with Crippen LogP contribution in [0.25, 0.3) is 11.4 Å². The van der Waals surface area contributed by atoms with Gasteiger partial charge in [0.1, 0.15) is 6.73 Å². The average molecular weight is 276 g/mol. The zero-order valence-electron chi connectivity index (χ0n) is 11.1. The largest absolute Gasteiger partial charge is 0.394 e. The van der Waals surface area contributed by atoms with Crippen molar-refractivity contribution in [2.75, 3.05) is 13.2 Å². The van der Waals surface area contributed by atoms with Crippen LogP contribution in [0.2, 0.25) is 0 Å². The first-order valence-electron chi connectivity index (χ1n) is 6.12. The molecule has 0 unspecified atom stereocenters. The van der Waals surface area contributed by atoms with Crippen LogP contribution in [0.15, 0.2) is 24.3 Å². The smallest absolute Gasteiger partial charge is 0.288 e. The molecule has 0 saturated carbocycles. The Morgan fingerprint density at radius 1 is 1.40 bits per heavy atom. The maximum absolute atomic E-state index is 11.2. The maximum atomic E-state index is 11.2. The fourth-order valence-electron chi connectivity index (χ4n) is 1.67. The number of rotatable bonds is 6. The van der Waals surface area contributed by atoms with E-state index in [-0.39, 0.29) is 25.8 Å². The molecule has 0 aliphatic rings. The number of hydrogen-bond donors (Lipinski definition) is 2. The van der Waals surface area contributed by atoms with Crippen LogP contribution in [0, 0.1) is 6.92 Å². The minimum atomic E-state index is -0.695. The summed E-state index contributed by atoms with van der Waals surface area (Å²) in [6.07, 6.45) is 0. The fourth-order valence-corrected chi connectivity index (χ4v) is 1.67. The lowest BCUT2D eigenvalue weighted by Crippen LogP contribution is -2.14. The van der Waals surface area contributed by atoms with Gasteiger partial charge in [0.15, 0.2) is 5.82 Å². The third kappa shape index (κ3) is 3.19. The number of aromatic nitrogens is 3. The van der Waals surface area contributed by atoms with Crippen molar-refractivity contribution in [2.24, 2.45) is 5.73 Å². The number of amides is 1. The Labute approximate surface area is 116 Å². The molecule has 0 aliphatic heterocycles. The molecule has 0 atom stereocenters. The topological polar surface area (TPSA) is 103 Å². The van der Waals surface area contributed by atoms with Crippen molar-refractivity contribution in [3.8, 4) is 11.4 Å². The maximum Gasteiger partial charge on any atom is 0.288 e. The van der Waals surface area contributed by atoms with Gasteiger partial charge in [0.2, 0.25) is 5.82 Å². The summed E-state index contributed by atoms with van der Waals surface area (Å²) >= 11 is 0. The Morgan fingerprint density at radius 2 is 2.10 bits per heavy atom. The molecule has 1 heterocycles. The monoisotopic (exact) mass is 276 g/mol. The molecule has 7 nitrogen and oxygen atoms in total. The van der Waals surface area contributed by atoms with Crippen molar-refractivity contribution in [3.63, 3.8) is 0 Å². The number of ether oxygens (including phenoxy) is 1. The molecule has 20 heavy (non-hydrogen) atoms. The van der Waals surface area contributed by atoms with Gasteiger partial charge in [-0.25, -0.2) is 9.67 Å². The molecular formula is C13H16N4O3. The normalized spacial score (nSPS) is 10.7. The minimum Gasteiger partial charge on any atom is -0.394 e. The molecule has 0 saturated heterocycles. The van der Waals surface area contributed by atoms with Crippen LogP contribution in [-0.2, 0) is 11.5 Å². The van der Waals surface area contributed by atoms with E-state index in [0.29, 0.717) is 5.82 Å². The summed E-state index contributed by atoms with van der Waals surface area (Å²) in [5.74, 6) is -0.260. The van der Waals surface area contributed by atoms with Gasteiger partial charge in [-0.2, -0.15) is 0 Å². The molecule has 0 aliphatic carbocycles. The number of carbonyl (C=O) groups excluding carboxylic acids is 1. The van der Waals surface area contributed by atoms with Crippen LogP contribution >= 0.6 is 0 Å². The van der Waals surface area contributed by atoms with E-state index in [1.165, 1.54) is 4.68 Å². The number of aryl methyl sites for hydroxylation is 1. The van der Waals surface area contributed by atoms with Gasteiger partial charge in [-0.1, -0.05) is 29.8 Å². The Hall–Kier alpha value is -2.25. The number of aliphatic hydroxyl groups excluding tert-OH is 1. The SMILES string of the molecule is Cc1ccc(-c2nc(C(N)=O)nn2COCCO)cc1. The highest BCUT2D eigenvalue weighted by Crippen LogP contribution is 2.18. The molecule has 2 rings (SSSR count). The summed E-state index contributed by atoms with van der Waals surface area (Å²) in [6, 6.07) is 7.64. The van der Waals surface area contributed by atoms with Gasteiger partial charge in [-0.15, -0.1) is 5.10 Å². The van der Waals surface area contributed by atoms with Crippen LogP contribution in [0.4, 0.5) is 0 Å². The predicted octanol–water partition coefficient (Wildman–Crippen LogP) is 0.319. The van der Waals surface area contributed by atoms with E-state index in [4.69, 9.17) is 15.6 Å². The number of nitrogens with zero attached hydrogens (tertiary/aromatic N) is 3.